The highest BCUT2D eigenvalue weighted by Gasteiger charge is 2.43. The van der Waals surface area contributed by atoms with Crippen LogP contribution in [0, 0.1) is 20.8 Å². The van der Waals surface area contributed by atoms with Gasteiger partial charge in [0.15, 0.2) is 35.3 Å². The summed E-state index contributed by atoms with van der Waals surface area (Å²) in [6, 6.07) is 29.6. The number of ether oxygens (including phenoxy) is 9. The van der Waals surface area contributed by atoms with Gasteiger partial charge in [0, 0.05) is 93.0 Å². The summed E-state index contributed by atoms with van der Waals surface area (Å²) < 4.78 is 61.2. The molecule has 3 N–H and O–H groups in total. The smallest absolute Gasteiger partial charge is 0.337 e. The molecule has 0 spiro atoms. The van der Waals surface area contributed by atoms with E-state index in [2.05, 4.69) is 78.0 Å². The van der Waals surface area contributed by atoms with Gasteiger partial charge in [-0.25, -0.2) is 29.3 Å². The molecule has 3 saturated heterocycles. The number of para-hydroxylation sites is 3. The van der Waals surface area contributed by atoms with E-state index in [1.807, 2.05) is 168 Å². The van der Waals surface area contributed by atoms with Gasteiger partial charge in [-0.05, 0) is 191 Å². The van der Waals surface area contributed by atoms with Gasteiger partial charge in [0.25, 0.3) is 0 Å². The molecule has 27 nitrogen and oxygen atoms in total. The minimum absolute atomic E-state index is 0.254. The van der Waals surface area contributed by atoms with Crippen LogP contribution in [-0.4, -0.2) is 163 Å². The predicted octanol–water partition coefficient (Wildman–Crippen LogP) is 15.8. The molecule has 6 aromatic heterocycles. The number of carboxylic acid groups (broad SMARTS) is 3. The van der Waals surface area contributed by atoms with E-state index in [1.165, 1.54) is 0 Å². The number of aryl methyl sites for hydroxylation is 4. The quantitative estimate of drug-likeness (QED) is 0.113. The van der Waals surface area contributed by atoms with E-state index in [9.17, 15) is 29.7 Å². The number of carbonyl (C=O) groups is 3. The lowest BCUT2D eigenvalue weighted by molar-refractivity contribution is -0.161. The van der Waals surface area contributed by atoms with Crippen LogP contribution >= 0.6 is 0 Å². The first kappa shape index (κ1) is 84.5. The average Bonchev–Trinajstić information content (AvgIpc) is 1.70. The lowest BCUT2D eigenvalue weighted by atomic mass is 9.92. The summed E-state index contributed by atoms with van der Waals surface area (Å²) in [5, 5.41) is 45.5. The lowest BCUT2D eigenvalue weighted by Gasteiger charge is -2.41. The summed E-state index contributed by atoms with van der Waals surface area (Å²) >= 11 is 0. The summed E-state index contributed by atoms with van der Waals surface area (Å²) in [7, 11) is 0. The molecule has 0 amide bonds. The fourth-order valence-electron chi connectivity index (χ4n) is 15.8. The average molecular weight is 1600 g/mol. The molecule has 3 atom stereocenters. The van der Waals surface area contributed by atoms with Gasteiger partial charge in [-0.15, -0.1) is 0 Å². The largest absolute Gasteiger partial charge is 0.495 e. The lowest BCUT2D eigenvalue weighted by Crippen LogP contribution is -2.45. The van der Waals surface area contributed by atoms with Gasteiger partial charge in [-0.3, -0.25) is 0 Å². The van der Waals surface area contributed by atoms with Crippen molar-refractivity contribution in [3.05, 3.63) is 189 Å². The standard InChI is InChI=1S/3C30H38N4O5/c3*1-20-25(26(28(35)36)39-29(2,3)4)27-33-15-13-30(5,14-16-33)38-17-9-8-11-21-10-6-7-12-23(21)37-19-22-18-24(31-20)34(27)32-22/h6-7,9-10,12,17-18,26H,8,11,13-16,19H2,1-5H3,(H,35,36);6-8,10-12,18,26H,9,13-17,19H2,1-5H3,(H,35,36);6-10,12,18,26H,11,13-17,19H2,1-5H3,(H,35,36)/b17-9-;11-8-;9-8-/t3*26-/m000/s1. The van der Waals surface area contributed by atoms with Gasteiger partial charge < -0.3 is 72.7 Å². The van der Waals surface area contributed by atoms with E-state index in [0.717, 1.165) is 98.1 Å². The maximum atomic E-state index is 12.6. The second kappa shape index (κ2) is 35.0. The Balaban J connectivity index is 0.000000152. The SMILES string of the molecule is Cc1nc2cc3nn2c(c1[C@H](OC(C)(C)C)C(=O)O)N1CCC(C)(CC1)O/C=C\CCc1ccccc1OC3.Cc1nc2cc3nn2c(c1[C@H](OC(C)(C)C)C(=O)O)N1CCC(C)(CC1)OC/C=C\Cc1ccccc1OC3.Cc1nc2cc3nn2c(c1[C@H](OC(C)(C)C)C(=O)O)N1CCC(C)(CC1)OCC/C=C\c1ccccc1OC3. The van der Waals surface area contributed by atoms with Crippen LogP contribution in [0.15, 0.2) is 122 Å². The monoisotopic (exact) mass is 1600 g/mol. The second-order valence-corrected chi connectivity index (χ2v) is 34.9. The van der Waals surface area contributed by atoms with Crippen molar-refractivity contribution in [2.45, 2.75) is 240 Å². The van der Waals surface area contributed by atoms with E-state index in [1.54, 1.807) is 13.5 Å². The molecule has 9 aromatic rings. The maximum absolute atomic E-state index is 12.6. The van der Waals surface area contributed by atoms with Crippen molar-refractivity contribution in [1.29, 1.82) is 0 Å². The molecule has 0 aliphatic carbocycles. The third-order valence-corrected chi connectivity index (χ3v) is 21.9. The first-order valence-electron chi connectivity index (χ1n) is 40.8. The summed E-state index contributed by atoms with van der Waals surface area (Å²) in [4.78, 5) is 58.7. The van der Waals surface area contributed by atoms with Crippen molar-refractivity contribution in [3.63, 3.8) is 0 Å². The third-order valence-electron chi connectivity index (χ3n) is 21.9. The molecule has 624 valence electrons. The van der Waals surface area contributed by atoms with Gasteiger partial charge in [-0.1, -0.05) is 78.9 Å². The van der Waals surface area contributed by atoms with E-state index >= 15 is 0 Å². The van der Waals surface area contributed by atoms with Crippen LogP contribution < -0.4 is 28.9 Å². The molecule has 3 fully saturated rings. The molecule has 0 saturated carbocycles. The fraction of sp³-hybridized carbons (Fsp3) is 0.500. The summed E-state index contributed by atoms with van der Waals surface area (Å²) in [6.07, 6.45) is 16.7. The Labute approximate surface area is 684 Å². The number of rotatable bonds is 9. The number of nitrogens with zero attached hydrogens (tertiary/aromatic N) is 12. The number of piperidine rings is 3. The van der Waals surface area contributed by atoms with Crippen LogP contribution in [0.4, 0.5) is 17.5 Å². The number of aliphatic carboxylic acids is 3. The highest BCUT2D eigenvalue weighted by atomic mass is 16.5. The van der Waals surface area contributed by atoms with Crippen LogP contribution in [0.2, 0.25) is 0 Å². The minimum Gasteiger partial charge on any atom is -0.495 e. The van der Waals surface area contributed by atoms with Crippen LogP contribution in [-0.2, 0) is 75.5 Å². The number of hydrogen-bond acceptors (Lipinski definition) is 21. The minimum atomic E-state index is -1.20. The maximum Gasteiger partial charge on any atom is 0.337 e. The molecule has 3 aromatic carbocycles. The molecule has 18 rings (SSSR count). The van der Waals surface area contributed by atoms with Crippen molar-refractivity contribution < 1.29 is 72.3 Å². The van der Waals surface area contributed by atoms with Gasteiger partial charge in [0.1, 0.15) is 77.2 Å². The summed E-state index contributed by atoms with van der Waals surface area (Å²) in [5.41, 5.74) is 7.78. The van der Waals surface area contributed by atoms with Crippen molar-refractivity contribution in [2.75, 3.05) is 67.2 Å². The molecule has 0 unspecified atom stereocenters. The Morgan fingerprint density at radius 3 is 1.26 bits per heavy atom. The van der Waals surface area contributed by atoms with Crippen LogP contribution in [0.5, 0.6) is 17.2 Å². The molecule has 9 aliphatic rings. The summed E-state index contributed by atoms with van der Waals surface area (Å²) in [6.45, 7) is 34.7. The highest BCUT2D eigenvalue weighted by Crippen LogP contribution is 2.43. The highest BCUT2D eigenvalue weighted by molar-refractivity contribution is 5.80. The number of anilines is 3. The first-order valence-corrected chi connectivity index (χ1v) is 40.8. The molecular formula is C90H114N12O15. The Bertz CT molecular complexity index is 5150. The molecular weight excluding hydrogens is 1490 g/mol. The predicted molar refractivity (Wildman–Crippen MR) is 446 cm³/mol. The van der Waals surface area contributed by atoms with E-state index in [0.29, 0.717) is 138 Å². The zero-order valence-corrected chi connectivity index (χ0v) is 70.3. The molecule has 15 heterocycles. The first-order chi connectivity index (χ1) is 55.6. The molecule has 12 bridgehead atoms. The van der Waals surface area contributed by atoms with Crippen molar-refractivity contribution in [1.82, 2.24) is 43.8 Å². The topological polar surface area (TPSA) is 295 Å². The van der Waals surface area contributed by atoms with Gasteiger partial charge >= 0.3 is 17.9 Å². The van der Waals surface area contributed by atoms with Gasteiger partial charge in [-0.2, -0.15) is 28.8 Å². The molecule has 0 radical (unpaired) electrons. The number of allylic oxidation sites excluding steroid dienone is 2. The zero-order valence-electron chi connectivity index (χ0n) is 70.3. The summed E-state index contributed by atoms with van der Waals surface area (Å²) in [5.74, 6) is 1.31. The van der Waals surface area contributed by atoms with Crippen molar-refractivity contribution in [2.24, 2.45) is 0 Å². The Kier molecular flexibility index (Phi) is 25.3. The molecule has 27 heteroatoms. The molecule has 9 aliphatic heterocycles. The van der Waals surface area contributed by atoms with Crippen LogP contribution in [0.25, 0.3) is 23.0 Å². The van der Waals surface area contributed by atoms with E-state index in [4.69, 9.17) is 72.9 Å². The number of aromatic nitrogens is 9. The number of fused-ring (bicyclic) bond motifs is 18. The number of benzene rings is 3. The Morgan fingerprint density at radius 1 is 0.453 bits per heavy atom. The molecule has 117 heavy (non-hydrogen) atoms. The van der Waals surface area contributed by atoms with Crippen molar-refractivity contribution >= 4 is 58.4 Å². The normalized spacial score (nSPS) is 19.3. The van der Waals surface area contributed by atoms with E-state index in [-0.39, 0.29) is 36.6 Å². The number of hydrogen-bond donors (Lipinski definition) is 3. The van der Waals surface area contributed by atoms with Crippen molar-refractivity contribution in [3.8, 4) is 17.2 Å². The van der Waals surface area contributed by atoms with Crippen LogP contribution in [0.3, 0.4) is 0 Å². The van der Waals surface area contributed by atoms with Gasteiger partial charge in [0.2, 0.25) is 0 Å². The van der Waals surface area contributed by atoms with Gasteiger partial charge in [0.05, 0.1) is 64.2 Å². The fourth-order valence-corrected chi connectivity index (χ4v) is 15.8. The van der Waals surface area contributed by atoms with E-state index < -0.39 is 53.0 Å². The number of carboxylic acids is 3. The second-order valence-electron chi connectivity index (χ2n) is 34.9. The zero-order chi connectivity index (χ0) is 83.4. The Hall–Kier alpha value is -10.5. The Morgan fingerprint density at radius 2 is 0.829 bits per heavy atom. The third kappa shape index (κ3) is 20.4. The van der Waals surface area contributed by atoms with Crippen LogP contribution in [0.1, 0.15) is 220 Å².